The van der Waals surface area contributed by atoms with Crippen LogP contribution in [0.2, 0.25) is 0 Å². The lowest BCUT2D eigenvalue weighted by molar-refractivity contribution is 0.407. The molecular formula is C22H19O. The summed E-state index contributed by atoms with van der Waals surface area (Å²) in [6.45, 7) is 0.910. The Morgan fingerprint density at radius 2 is 1.17 bits per heavy atom. The fraction of sp³-hybridized carbons (Fsp3) is 0.136. The Labute approximate surface area is 137 Å². The molecule has 0 N–H and O–H groups in total. The van der Waals surface area contributed by atoms with E-state index in [1.54, 1.807) is 0 Å². The molecule has 4 rings (SSSR count). The van der Waals surface area contributed by atoms with Gasteiger partial charge < -0.3 is 4.74 Å². The molecule has 1 nitrogen and oxygen atoms in total. The first-order chi connectivity index (χ1) is 11.4. The molecule has 3 aromatic rings. The molecule has 113 valence electrons. The predicted octanol–water partition coefficient (Wildman–Crippen LogP) is 4.65. The summed E-state index contributed by atoms with van der Waals surface area (Å²) < 4.78 is 5.32. The lowest BCUT2D eigenvalue weighted by atomic mass is 9.85. The van der Waals surface area contributed by atoms with Crippen LogP contribution in [0.4, 0.5) is 0 Å². The number of rotatable bonds is 5. The zero-order valence-electron chi connectivity index (χ0n) is 13.0. The topological polar surface area (TPSA) is 12.5 Å². The third kappa shape index (κ3) is 3.35. The molecule has 0 aromatic heterocycles. The van der Waals surface area contributed by atoms with Crippen LogP contribution in [0, 0.1) is 5.92 Å². The minimum absolute atomic E-state index is 0.438. The molecule has 0 spiro atoms. The first-order valence-electron chi connectivity index (χ1n) is 8.09. The summed E-state index contributed by atoms with van der Waals surface area (Å²) in [7, 11) is 0. The summed E-state index contributed by atoms with van der Waals surface area (Å²) in [4.78, 5) is 0. The van der Waals surface area contributed by atoms with Gasteiger partial charge in [-0.25, -0.2) is 0 Å². The summed E-state index contributed by atoms with van der Waals surface area (Å²) in [6.07, 6.45) is 1.46. The predicted molar refractivity (Wildman–Crippen MR) is 93.3 cm³/mol. The maximum atomic E-state index is 5.32. The van der Waals surface area contributed by atoms with Crippen molar-refractivity contribution in [3.63, 3.8) is 0 Å². The molecular weight excluding hydrogens is 280 g/mol. The van der Waals surface area contributed by atoms with Gasteiger partial charge in [-0.1, -0.05) is 84.9 Å². The fourth-order valence-electron chi connectivity index (χ4n) is 2.97. The van der Waals surface area contributed by atoms with Gasteiger partial charge in [-0.3, -0.25) is 0 Å². The molecule has 1 fully saturated rings. The Morgan fingerprint density at radius 1 is 0.696 bits per heavy atom. The molecule has 1 aliphatic rings. The van der Waals surface area contributed by atoms with Crippen molar-refractivity contribution in [3.8, 4) is 0 Å². The lowest BCUT2D eigenvalue weighted by Crippen LogP contribution is -2.04. The summed E-state index contributed by atoms with van der Waals surface area (Å²) >= 11 is 0. The first-order valence-corrected chi connectivity index (χ1v) is 8.09. The van der Waals surface area contributed by atoms with Gasteiger partial charge in [-0.05, 0) is 22.3 Å². The normalized spacial score (nSPS) is 16.5. The minimum Gasteiger partial charge on any atom is -0.373 e. The van der Waals surface area contributed by atoms with Gasteiger partial charge in [0.05, 0.1) is 18.6 Å². The maximum absolute atomic E-state index is 5.32. The quantitative estimate of drug-likeness (QED) is 0.493. The summed E-state index contributed by atoms with van der Waals surface area (Å²) in [6, 6.07) is 30.1. The van der Waals surface area contributed by atoms with Gasteiger partial charge in [0.25, 0.3) is 0 Å². The smallest absolute Gasteiger partial charge is 0.0850 e. The molecule has 0 unspecified atom stereocenters. The van der Waals surface area contributed by atoms with Gasteiger partial charge >= 0.3 is 0 Å². The average Bonchev–Trinajstić information content (AvgIpc) is 3.43. The van der Waals surface area contributed by atoms with Crippen molar-refractivity contribution < 1.29 is 4.74 Å². The highest BCUT2D eigenvalue weighted by Crippen LogP contribution is 2.31. The van der Waals surface area contributed by atoms with Gasteiger partial charge in [0.15, 0.2) is 0 Å². The van der Waals surface area contributed by atoms with Gasteiger partial charge in [0.1, 0.15) is 0 Å². The van der Waals surface area contributed by atoms with E-state index in [0.29, 0.717) is 6.10 Å². The number of hydrogen-bond acceptors (Lipinski definition) is 1. The molecule has 1 radical (unpaired) electrons. The third-order valence-corrected chi connectivity index (χ3v) is 4.23. The van der Waals surface area contributed by atoms with Gasteiger partial charge in [0, 0.05) is 6.42 Å². The lowest BCUT2D eigenvalue weighted by Gasteiger charge is -2.18. The average molecular weight is 299 g/mol. The first kappa shape index (κ1) is 14.2. The van der Waals surface area contributed by atoms with Crippen molar-refractivity contribution in [2.24, 2.45) is 0 Å². The third-order valence-electron chi connectivity index (χ3n) is 4.23. The summed E-state index contributed by atoms with van der Waals surface area (Å²) in [5.74, 6) is 1.28. The van der Waals surface area contributed by atoms with Crippen LogP contribution in [-0.2, 0) is 11.2 Å². The van der Waals surface area contributed by atoms with E-state index in [2.05, 4.69) is 84.9 Å². The van der Waals surface area contributed by atoms with E-state index in [1.165, 1.54) is 28.2 Å². The number of epoxide rings is 1. The van der Waals surface area contributed by atoms with Gasteiger partial charge in [-0.15, -0.1) is 0 Å². The van der Waals surface area contributed by atoms with Crippen molar-refractivity contribution in [2.75, 3.05) is 6.61 Å². The van der Waals surface area contributed by atoms with Crippen molar-refractivity contribution in [3.05, 3.63) is 113 Å². The van der Waals surface area contributed by atoms with Crippen LogP contribution in [0.5, 0.6) is 0 Å². The summed E-state index contributed by atoms with van der Waals surface area (Å²) in [5.41, 5.74) is 5.09. The highest BCUT2D eigenvalue weighted by atomic mass is 16.6. The zero-order chi connectivity index (χ0) is 15.5. The van der Waals surface area contributed by atoms with Crippen LogP contribution in [0.1, 0.15) is 22.3 Å². The number of hydrogen-bond donors (Lipinski definition) is 0. The van der Waals surface area contributed by atoms with E-state index in [0.717, 1.165) is 13.0 Å². The van der Waals surface area contributed by atoms with E-state index in [1.807, 2.05) is 0 Å². The molecule has 23 heavy (non-hydrogen) atoms. The molecule has 1 aliphatic heterocycles. The zero-order valence-corrected chi connectivity index (χ0v) is 13.0. The van der Waals surface area contributed by atoms with Crippen LogP contribution in [0.3, 0.4) is 0 Å². The molecule has 0 amide bonds. The Bertz CT molecular complexity index is 703. The molecule has 0 bridgehead atoms. The van der Waals surface area contributed by atoms with E-state index >= 15 is 0 Å². The van der Waals surface area contributed by atoms with Gasteiger partial charge in [-0.2, -0.15) is 0 Å². The highest BCUT2D eigenvalue weighted by molar-refractivity contribution is 5.57. The van der Waals surface area contributed by atoms with Crippen LogP contribution in [-0.4, -0.2) is 12.7 Å². The number of benzene rings is 3. The van der Waals surface area contributed by atoms with Crippen molar-refractivity contribution in [2.45, 2.75) is 12.5 Å². The molecule has 1 heteroatoms. The second-order valence-electron chi connectivity index (χ2n) is 5.96. The van der Waals surface area contributed by atoms with Crippen molar-refractivity contribution in [1.82, 2.24) is 0 Å². The molecule has 0 aliphatic carbocycles. The van der Waals surface area contributed by atoms with Crippen LogP contribution in [0.25, 0.3) is 0 Å². The van der Waals surface area contributed by atoms with Crippen molar-refractivity contribution in [1.29, 1.82) is 0 Å². The SMILES string of the molecule is c1ccc([C](c2ccccc2)c2ccc(C[C@H]3CO3)cc2)cc1. The van der Waals surface area contributed by atoms with Crippen LogP contribution < -0.4 is 0 Å². The van der Waals surface area contributed by atoms with E-state index < -0.39 is 0 Å². The monoisotopic (exact) mass is 299 g/mol. The largest absolute Gasteiger partial charge is 0.373 e. The molecule has 1 saturated heterocycles. The Kier molecular flexibility index (Phi) is 3.95. The molecule has 1 heterocycles. The second kappa shape index (κ2) is 6.39. The van der Waals surface area contributed by atoms with E-state index in [9.17, 15) is 0 Å². The molecule has 3 aromatic carbocycles. The Morgan fingerprint density at radius 3 is 1.65 bits per heavy atom. The van der Waals surface area contributed by atoms with E-state index in [-0.39, 0.29) is 0 Å². The minimum atomic E-state index is 0.438. The van der Waals surface area contributed by atoms with Crippen LogP contribution >= 0.6 is 0 Å². The molecule has 0 saturated carbocycles. The second-order valence-corrected chi connectivity index (χ2v) is 5.96. The van der Waals surface area contributed by atoms with Crippen molar-refractivity contribution >= 4 is 0 Å². The maximum Gasteiger partial charge on any atom is 0.0850 e. The summed E-state index contributed by atoms with van der Waals surface area (Å²) in [5, 5.41) is 0. The number of ether oxygens (including phenoxy) is 1. The van der Waals surface area contributed by atoms with Crippen LogP contribution in [0.15, 0.2) is 84.9 Å². The van der Waals surface area contributed by atoms with Gasteiger partial charge in [0.2, 0.25) is 0 Å². The van der Waals surface area contributed by atoms with E-state index in [4.69, 9.17) is 4.74 Å². The fourth-order valence-corrected chi connectivity index (χ4v) is 2.97. The standard InChI is InChI=1S/C22H19O/c1-3-7-18(8-4-1)22(19-9-5-2-6-10-19)20-13-11-17(12-14-20)15-21-16-23-21/h1-14,21H,15-16H2/t21-/m0/s1. The highest BCUT2D eigenvalue weighted by Gasteiger charge is 2.23. The molecule has 1 atom stereocenters. The Hall–Kier alpha value is -2.38. The Balaban J connectivity index is 1.70.